The highest BCUT2D eigenvalue weighted by Gasteiger charge is 2.22. The number of aryl methyl sites for hydroxylation is 4. The molecule has 190 valence electrons. The first-order chi connectivity index (χ1) is 17.5. The highest BCUT2D eigenvalue weighted by molar-refractivity contribution is 8.76. The molecule has 0 aromatic carbocycles. The molecule has 0 saturated heterocycles. The molecular formula is C24H26N4O4S4. The van der Waals surface area contributed by atoms with E-state index in [1.165, 1.54) is 18.9 Å². The van der Waals surface area contributed by atoms with Crippen molar-refractivity contribution in [3.05, 3.63) is 62.6 Å². The van der Waals surface area contributed by atoms with Crippen LogP contribution in [-0.2, 0) is 38.8 Å². The van der Waals surface area contributed by atoms with Gasteiger partial charge < -0.3 is 0 Å². The summed E-state index contributed by atoms with van der Waals surface area (Å²) in [6, 6.07) is 0. The minimum absolute atomic E-state index is 0.191. The van der Waals surface area contributed by atoms with Crippen molar-refractivity contribution in [1.29, 1.82) is 0 Å². The number of nitrogens with one attached hydrogen (secondary N) is 2. The number of hydrogen-bond acceptors (Lipinski definition) is 8. The van der Waals surface area contributed by atoms with Gasteiger partial charge in [-0.2, -0.15) is 0 Å². The summed E-state index contributed by atoms with van der Waals surface area (Å²) < 4.78 is 2.61. The monoisotopic (exact) mass is 562 g/mol. The van der Waals surface area contributed by atoms with Gasteiger partial charge in [-0.3, -0.25) is 28.7 Å². The van der Waals surface area contributed by atoms with Crippen LogP contribution in [-0.4, -0.2) is 30.6 Å². The molecule has 0 fully saturated rings. The molecule has 4 aromatic rings. The Labute approximate surface area is 221 Å². The lowest BCUT2D eigenvalue weighted by Crippen LogP contribution is -2.36. The Morgan fingerprint density at radius 2 is 1.06 bits per heavy atom. The third kappa shape index (κ3) is 4.25. The number of thiophene rings is 2. The van der Waals surface area contributed by atoms with E-state index in [9.17, 15) is 19.2 Å². The second-order valence-electron chi connectivity index (χ2n) is 9.25. The summed E-state index contributed by atoms with van der Waals surface area (Å²) in [7, 11) is 3.08. The van der Waals surface area contributed by atoms with Crippen molar-refractivity contribution in [2.24, 2.45) is 0 Å². The van der Waals surface area contributed by atoms with Gasteiger partial charge in [-0.25, -0.2) is 9.59 Å². The molecule has 0 unspecified atom stereocenters. The molecule has 0 radical (unpaired) electrons. The maximum atomic E-state index is 13.1. The fraction of sp³-hybridized carbons (Fsp3) is 0.500. The smallest absolute Gasteiger partial charge is 0.298 e. The Morgan fingerprint density at radius 3 is 1.50 bits per heavy atom. The summed E-state index contributed by atoms with van der Waals surface area (Å²) in [5.74, 6) is 1.15. The SMILES string of the molecule is O=c1[nH]c2sc3c(c2c(=O)n1CCSSCCn1c(=O)[nH]c2sc4c(c2c1=O)CCCC4)CCCC3. The summed E-state index contributed by atoms with van der Waals surface area (Å²) in [6.45, 7) is 0.639. The molecule has 0 aliphatic heterocycles. The minimum atomic E-state index is -0.359. The predicted octanol–water partition coefficient (Wildman–Crippen LogP) is 3.66. The molecule has 4 aromatic heterocycles. The van der Waals surface area contributed by atoms with E-state index in [1.54, 1.807) is 44.3 Å². The summed E-state index contributed by atoms with van der Waals surface area (Å²) in [4.78, 5) is 61.0. The van der Waals surface area contributed by atoms with Gasteiger partial charge in [0.2, 0.25) is 0 Å². The molecule has 36 heavy (non-hydrogen) atoms. The van der Waals surface area contributed by atoms with Crippen LogP contribution < -0.4 is 22.5 Å². The van der Waals surface area contributed by atoms with Gasteiger partial charge in [-0.1, -0.05) is 21.6 Å². The van der Waals surface area contributed by atoms with Crippen LogP contribution in [0.4, 0.5) is 0 Å². The number of H-pyrrole nitrogens is 2. The van der Waals surface area contributed by atoms with E-state index >= 15 is 0 Å². The lowest BCUT2D eigenvalue weighted by molar-refractivity contribution is 0.683. The summed E-state index contributed by atoms with van der Waals surface area (Å²) in [5.41, 5.74) is 1.15. The molecule has 8 nitrogen and oxygen atoms in total. The molecule has 0 bridgehead atoms. The number of rotatable bonds is 7. The highest BCUT2D eigenvalue weighted by Crippen LogP contribution is 2.34. The van der Waals surface area contributed by atoms with E-state index in [0.29, 0.717) is 45.0 Å². The average Bonchev–Trinajstić information content (AvgIpc) is 3.42. The third-order valence-corrected chi connectivity index (χ3v) is 11.9. The fourth-order valence-corrected chi connectivity index (χ4v) is 9.77. The van der Waals surface area contributed by atoms with Crippen LogP contribution >= 0.6 is 44.3 Å². The summed E-state index contributed by atoms with van der Waals surface area (Å²) in [5, 5.41) is 1.38. The van der Waals surface area contributed by atoms with Gasteiger partial charge in [0, 0.05) is 34.3 Å². The molecule has 2 N–H and O–H groups in total. The van der Waals surface area contributed by atoms with Gasteiger partial charge in [0.05, 0.1) is 10.8 Å². The normalized spacial score (nSPS) is 15.4. The van der Waals surface area contributed by atoms with Crippen molar-refractivity contribution in [2.75, 3.05) is 11.5 Å². The third-order valence-electron chi connectivity index (χ3n) is 7.07. The number of aromatic nitrogens is 4. The van der Waals surface area contributed by atoms with E-state index in [-0.39, 0.29) is 22.5 Å². The molecule has 6 rings (SSSR count). The van der Waals surface area contributed by atoms with Gasteiger partial charge in [0.25, 0.3) is 11.1 Å². The highest BCUT2D eigenvalue weighted by atomic mass is 33.1. The lowest BCUT2D eigenvalue weighted by Gasteiger charge is -2.10. The Balaban J connectivity index is 1.11. The van der Waals surface area contributed by atoms with Crippen LogP contribution in [0, 0.1) is 0 Å². The van der Waals surface area contributed by atoms with Gasteiger partial charge in [-0.15, -0.1) is 22.7 Å². The van der Waals surface area contributed by atoms with Gasteiger partial charge in [0.15, 0.2) is 0 Å². The Bertz CT molecular complexity index is 1580. The maximum absolute atomic E-state index is 13.1. The first kappa shape index (κ1) is 24.3. The van der Waals surface area contributed by atoms with Crippen molar-refractivity contribution >= 4 is 64.7 Å². The van der Waals surface area contributed by atoms with Crippen molar-refractivity contribution in [3.63, 3.8) is 0 Å². The number of nitrogens with zero attached hydrogens (tertiary/aromatic N) is 2. The fourth-order valence-electron chi connectivity index (χ4n) is 5.33. The first-order valence-electron chi connectivity index (χ1n) is 12.3. The number of hydrogen-bond donors (Lipinski definition) is 2. The van der Waals surface area contributed by atoms with Crippen LogP contribution in [0.2, 0.25) is 0 Å². The van der Waals surface area contributed by atoms with Gasteiger partial charge in [0.1, 0.15) is 9.66 Å². The molecule has 4 heterocycles. The van der Waals surface area contributed by atoms with Crippen LogP contribution in [0.5, 0.6) is 0 Å². The second-order valence-corrected chi connectivity index (χ2v) is 14.2. The molecule has 12 heteroatoms. The maximum Gasteiger partial charge on any atom is 0.329 e. The molecule has 0 saturated carbocycles. The molecule has 0 amide bonds. The van der Waals surface area contributed by atoms with E-state index in [1.807, 2.05) is 0 Å². The zero-order valence-electron chi connectivity index (χ0n) is 19.6. The Hall–Kier alpha value is -2.02. The summed E-state index contributed by atoms with van der Waals surface area (Å²) in [6.07, 6.45) is 8.20. The zero-order chi connectivity index (χ0) is 24.8. The van der Waals surface area contributed by atoms with E-state index in [4.69, 9.17) is 0 Å². The Kier molecular flexibility index (Phi) is 6.78. The van der Waals surface area contributed by atoms with Crippen molar-refractivity contribution in [3.8, 4) is 0 Å². The molecule has 2 aliphatic rings. The summed E-state index contributed by atoms with van der Waals surface area (Å²) >= 11 is 3.09. The van der Waals surface area contributed by atoms with Crippen molar-refractivity contribution in [1.82, 2.24) is 19.1 Å². The second kappa shape index (κ2) is 10.0. The topological polar surface area (TPSA) is 110 Å². The van der Waals surface area contributed by atoms with E-state index in [0.717, 1.165) is 62.5 Å². The molecule has 0 spiro atoms. The van der Waals surface area contributed by atoms with Crippen LogP contribution in [0.25, 0.3) is 20.4 Å². The number of aromatic amines is 2. The van der Waals surface area contributed by atoms with Crippen molar-refractivity contribution in [2.45, 2.75) is 64.5 Å². The van der Waals surface area contributed by atoms with E-state index < -0.39 is 0 Å². The van der Waals surface area contributed by atoms with Crippen LogP contribution in [0.3, 0.4) is 0 Å². The molecule has 2 aliphatic carbocycles. The predicted molar refractivity (Wildman–Crippen MR) is 152 cm³/mol. The van der Waals surface area contributed by atoms with Gasteiger partial charge >= 0.3 is 11.4 Å². The van der Waals surface area contributed by atoms with Gasteiger partial charge in [-0.05, 0) is 62.5 Å². The average molecular weight is 563 g/mol. The Morgan fingerprint density at radius 1 is 0.639 bits per heavy atom. The van der Waals surface area contributed by atoms with Crippen LogP contribution in [0.15, 0.2) is 19.2 Å². The van der Waals surface area contributed by atoms with Crippen molar-refractivity contribution < 1.29 is 0 Å². The molecule has 0 atom stereocenters. The number of fused-ring (bicyclic) bond motifs is 6. The standard InChI is InChI=1S/C24H26N4O4S4/c29-21-17-13-5-1-3-7-15(13)35-19(17)25-23(31)27(21)9-11-33-34-12-10-28-22(30)18-14-6-2-4-8-16(14)36-20(18)26-24(28)32/h1-12H2,(H,25,31)(H,26,32). The van der Waals surface area contributed by atoms with E-state index in [2.05, 4.69) is 9.97 Å². The molecular weight excluding hydrogens is 537 g/mol. The minimum Gasteiger partial charge on any atom is -0.298 e. The van der Waals surface area contributed by atoms with Crippen LogP contribution in [0.1, 0.15) is 46.6 Å². The quantitative estimate of drug-likeness (QED) is 0.263. The largest absolute Gasteiger partial charge is 0.329 e. The lowest BCUT2D eigenvalue weighted by atomic mass is 9.97. The first-order valence-corrected chi connectivity index (χ1v) is 16.4. The zero-order valence-corrected chi connectivity index (χ0v) is 22.9.